The number of alkyl halides is 1. The van der Waals surface area contributed by atoms with Gasteiger partial charge in [0.25, 0.3) is 0 Å². The average molecular weight is 420 g/mol. The summed E-state index contributed by atoms with van der Waals surface area (Å²) in [7, 11) is 0. The molecule has 172 valence electrons. The molecule has 1 saturated heterocycles. The first kappa shape index (κ1) is 22.6. The van der Waals surface area contributed by atoms with Gasteiger partial charge in [0.05, 0.1) is 6.67 Å². The largest absolute Gasteiger partial charge is 0.353 e. The number of amides is 1. The maximum absolute atomic E-state index is 14.4. The van der Waals surface area contributed by atoms with E-state index in [-0.39, 0.29) is 30.0 Å². The average Bonchev–Trinajstić information content (AvgIpc) is 3.05. The molecule has 0 aromatic heterocycles. The van der Waals surface area contributed by atoms with Crippen LogP contribution in [0.1, 0.15) is 98.8 Å². The third-order valence-corrected chi connectivity index (χ3v) is 10.7. The Morgan fingerprint density at radius 2 is 1.77 bits per heavy atom. The first-order chi connectivity index (χ1) is 14.2. The van der Waals surface area contributed by atoms with E-state index in [0.29, 0.717) is 29.6 Å². The van der Waals surface area contributed by atoms with Gasteiger partial charge in [-0.05, 0) is 90.8 Å². The quantitative estimate of drug-likeness (QED) is 0.505. The summed E-state index contributed by atoms with van der Waals surface area (Å²) in [5, 5.41) is 3.28. The van der Waals surface area contributed by atoms with Crippen molar-refractivity contribution in [2.75, 3.05) is 6.67 Å². The molecular weight excluding hydrogens is 373 g/mol. The molecule has 3 heteroatoms. The Morgan fingerprint density at radius 1 is 1.03 bits per heavy atom. The maximum atomic E-state index is 14.4. The Morgan fingerprint density at radius 3 is 2.47 bits per heavy atom. The van der Waals surface area contributed by atoms with Gasteiger partial charge < -0.3 is 5.32 Å². The molecule has 2 nitrogen and oxygen atoms in total. The monoisotopic (exact) mass is 419 g/mol. The number of rotatable bonds is 6. The minimum Gasteiger partial charge on any atom is -0.353 e. The second-order valence-electron chi connectivity index (χ2n) is 12.6. The normalized spacial score (nSPS) is 46.7. The Kier molecular flexibility index (Phi) is 6.32. The first-order valence-electron chi connectivity index (χ1n) is 13.1. The van der Waals surface area contributed by atoms with Crippen molar-refractivity contribution in [1.82, 2.24) is 5.32 Å². The molecule has 1 aliphatic heterocycles. The summed E-state index contributed by atoms with van der Waals surface area (Å²) in [4.78, 5) is 12.1. The number of carbonyl (C=O) groups is 1. The lowest BCUT2D eigenvalue weighted by Crippen LogP contribution is -2.63. The highest BCUT2D eigenvalue weighted by Crippen LogP contribution is 2.67. The number of halogens is 1. The number of nitrogens with one attached hydrogen (secondary N) is 1. The molecular formula is C27H46FNO. The molecule has 0 spiro atoms. The molecule has 1 N–H and O–H groups in total. The number of piperidine rings is 1. The van der Waals surface area contributed by atoms with Crippen LogP contribution in [0.5, 0.6) is 0 Å². The van der Waals surface area contributed by atoms with Crippen LogP contribution in [0.25, 0.3) is 0 Å². The van der Waals surface area contributed by atoms with E-state index >= 15 is 0 Å². The molecule has 4 fully saturated rings. The van der Waals surface area contributed by atoms with Crippen LogP contribution in [0.15, 0.2) is 0 Å². The number of hydrogen-bond acceptors (Lipinski definition) is 1. The number of fused-ring (bicyclic) bond motifs is 5. The van der Waals surface area contributed by atoms with Crippen molar-refractivity contribution in [2.24, 2.45) is 52.3 Å². The predicted octanol–water partition coefficient (Wildman–Crippen LogP) is 6.78. The van der Waals surface area contributed by atoms with Crippen molar-refractivity contribution in [3.8, 4) is 0 Å². The third-order valence-electron chi connectivity index (χ3n) is 10.7. The van der Waals surface area contributed by atoms with Gasteiger partial charge in [0.2, 0.25) is 5.91 Å². The van der Waals surface area contributed by atoms with Gasteiger partial charge in [-0.2, -0.15) is 0 Å². The van der Waals surface area contributed by atoms with Gasteiger partial charge in [-0.25, -0.2) is 0 Å². The third kappa shape index (κ3) is 3.64. The maximum Gasteiger partial charge on any atom is 0.220 e. The lowest BCUT2D eigenvalue weighted by atomic mass is 9.44. The van der Waals surface area contributed by atoms with Crippen LogP contribution in [0.2, 0.25) is 0 Å². The van der Waals surface area contributed by atoms with Crippen LogP contribution >= 0.6 is 0 Å². The highest BCUT2D eigenvalue weighted by atomic mass is 19.1. The second kappa shape index (κ2) is 8.39. The smallest absolute Gasteiger partial charge is 0.220 e. The van der Waals surface area contributed by atoms with Gasteiger partial charge in [-0.15, -0.1) is 0 Å². The van der Waals surface area contributed by atoms with Crippen molar-refractivity contribution >= 4 is 5.91 Å². The van der Waals surface area contributed by atoms with E-state index in [0.717, 1.165) is 30.6 Å². The molecule has 3 saturated carbocycles. The van der Waals surface area contributed by atoms with E-state index in [1.165, 1.54) is 44.9 Å². The number of hydrogen-bond donors (Lipinski definition) is 1. The first-order valence-corrected chi connectivity index (χ1v) is 13.1. The van der Waals surface area contributed by atoms with E-state index in [9.17, 15) is 9.18 Å². The SMILES string of the molecule is CC(C)CCC[C@@H](C)[C@H]1CC[C@H]2[C@@H]3C(CF)CC4NC(=O)CC[C@]4(C)[C@H]3CC[C@]12C. The van der Waals surface area contributed by atoms with E-state index in [4.69, 9.17) is 0 Å². The van der Waals surface area contributed by atoms with E-state index in [1.807, 2.05) is 0 Å². The molecule has 4 rings (SSSR count). The zero-order valence-electron chi connectivity index (χ0n) is 20.2. The predicted molar refractivity (Wildman–Crippen MR) is 122 cm³/mol. The van der Waals surface area contributed by atoms with Crippen LogP contribution in [0.4, 0.5) is 4.39 Å². The summed E-state index contributed by atoms with van der Waals surface area (Å²) >= 11 is 0. The summed E-state index contributed by atoms with van der Waals surface area (Å²) in [6.07, 6.45) is 11.8. The lowest BCUT2D eigenvalue weighted by molar-refractivity contribution is -0.147. The molecule has 2 unspecified atom stereocenters. The van der Waals surface area contributed by atoms with Crippen molar-refractivity contribution < 1.29 is 9.18 Å². The van der Waals surface area contributed by atoms with Gasteiger partial charge in [0.15, 0.2) is 0 Å². The summed E-state index contributed by atoms with van der Waals surface area (Å²) in [5.41, 5.74) is 0.569. The van der Waals surface area contributed by atoms with Gasteiger partial charge in [-0.3, -0.25) is 9.18 Å². The highest BCUT2D eigenvalue weighted by molar-refractivity contribution is 5.77. The Balaban J connectivity index is 1.54. The van der Waals surface area contributed by atoms with Crippen LogP contribution in [-0.2, 0) is 4.79 Å². The lowest BCUT2D eigenvalue weighted by Gasteiger charge is -2.62. The fraction of sp³-hybridized carbons (Fsp3) is 0.963. The minimum absolute atomic E-state index is 0.145. The van der Waals surface area contributed by atoms with E-state index < -0.39 is 0 Å². The summed E-state index contributed by atoms with van der Waals surface area (Å²) in [6.45, 7) is 12.0. The zero-order chi connectivity index (χ0) is 21.7. The Labute approximate surface area is 184 Å². The number of carbonyl (C=O) groups excluding carboxylic acids is 1. The zero-order valence-corrected chi connectivity index (χ0v) is 20.2. The molecule has 0 bridgehead atoms. The molecule has 30 heavy (non-hydrogen) atoms. The van der Waals surface area contributed by atoms with Gasteiger partial charge in [0.1, 0.15) is 0 Å². The summed E-state index contributed by atoms with van der Waals surface area (Å²) < 4.78 is 14.4. The molecule has 0 radical (unpaired) electrons. The van der Waals surface area contributed by atoms with Crippen LogP contribution in [-0.4, -0.2) is 18.6 Å². The standard InChI is InChI=1S/C27H46FNO/c1-17(2)7-6-8-18(3)20-9-10-21-25-19(16-28)15-23-27(5,14-12-24(30)29-23)22(25)11-13-26(20,21)4/h17-23,25H,6-16H2,1-5H3,(H,29,30)/t18-,19?,20-,21+,22+,23?,25+,26-,27-/m1/s1. The summed E-state index contributed by atoms with van der Waals surface area (Å²) in [6, 6.07) is 0.192. The molecule has 9 atom stereocenters. The fourth-order valence-corrected chi connectivity index (χ4v) is 9.03. The van der Waals surface area contributed by atoms with Crippen LogP contribution in [0, 0.1) is 52.3 Å². The fourth-order valence-electron chi connectivity index (χ4n) is 9.03. The van der Waals surface area contributed by atoms with Crippen molar-refractivity contribution in [3.63, 3.8) is 0 Å². The Hall–Kier alpha value is -0.600. The van der Waals surface area contributed by atoms with Crippen LogP contribution in [0.3, 0.4) is 0 Å². The molecule has 0 aromatic rings. The van der Waals surface area contributed by atoms with E-state index in [2.05, 4.69) is 39.9 Å². The van der Waals surface area contributed by atoms with Gasteiger partial charge >= 0.3 is 0 Å². The summed E-state index contributed by atoms with van der Waals surface area (Å²) in [5.74, 6) is 4.54. The highest BCUT2D eigenvalue weighted by Gasteiger charge is 2.63. The molecule has 4 aliphatic rings. The molecule has 0 aromatic carbocycles. The van der Waals surface area contributed by atoms with Crippen molar-refractivity contribution in [3.05, 3.63) is 0 Å². The van der Waals surface area contributed by atoms with Crippen molar-refractivity contribution in [2.45, 2.75) is 105 Å². The molecule has 1 amide bonds. The molecule has 3 aliphatic carbocycles. The Bertz CT molecular complexity index is 634. The molecule has 1 heterocycles. The second-order valence-corrected chi connectivity index (χ2v) is 12.6. The van der Waals surface area contributed by atoms with Gasteiger partial charge in [-0.1, -0.05) is 53.9 Å². The minimum atomic E-state index is -0.204. The van der Waals surface area contributed by atoms with Gasteiger partial charge in [0, 0.05) is 12.5 Å². The van der Waals surface area contributed by atoms with Crippen LogP contribution < -0.4 is 5.32 Å². The van der Waals surface area contributed by atoms with E-state index in [1.54, 1.807) is 0 Å². The topological polar surface area (TPSA) is 29.1 Å². The van der Waals surface area contributed by atoms with Crippen molar-refractivity contribution in [1.29, 1.82) is 0 Å².